The molecule has 0 radical (unpaired) electrons. The van der Waals surface area contributed by atoms with Crippen molar-refractivity contribution >= 4 is 0 Å². The van der Waals surface area contributed by atoms with Gasteiger partial charge in [0.2, 0.25) is 0 Å². The second kappa shape index (κ2) is 4.91. The van der Waals surface area contributed by atoms with Gasteiger partial charge in [-0.2, -0.15) is 0 Å². The Kier molecular flexibility index (Phi) is 3.11. The van der Waals surface area contributed by atoms with Crippen molar-refractivity contribution in [3.05, 3.63) is 71.8 Å². The van der Waals surface area contributed by atoms with Crippen molar-refractivity contribution in [3.8, 4) is 0 Å². The Morgan fingerprint density at radius 1 is 0.833 bits per heavy atom. The molecule has 1 nitrogen and oxygen atoms in total. The fraction of sp³-hybridized carbons (Fsp3) is 0.250. The third-order valence-corrected chi connectivity index (χ3v) is 3.64. The average Bonchev–Trinajstić information content (AvgIpc) is 2.40. The predicted molar refractivity (Wildman–Crippen MR) is 70.3 cm³/mol. The summed E-state index contributed by atoms with van der Waals surface area (Å²) in [7, 11) is 0. The van der Waals surface area contributed by atoms with Crippen molar-refractivity contribution in [3.63, 3.8) is 0 Å². The van der Waals surface area contributed by atoms with E-state index in [4.69, 9.17) is 0 Å². The van der Waals surface area contributed by atoms with E-state index in [0.29, 0.717) is 13.1 Å². The number of hydrogen-bond donors (Lipinski definition) is 1. The highest BCUT2D eigenvalue weighted by Crippen LogP contribution is 2.20. The smallest absolute Gasteiger partial charge is 0.197 e. The van der Waals surface area contributed by atoms with Crippen molar-refractivity contribution in [2.24, 2.45) is 0 Å². The van der Waals surface area contributed by atoms with E-state index in [1.54, 1.807) is 0 Å². The van der Waals surface area contributed by atoms with Crippen LogP contribution < -0.4 is 4.90 Å². The second-order valence-corrected chi connectivity index (χ2v) is 4.92. The maximum Gasteiger partial charge on any atom is 0.197 e. The van der Waals surface area contributed by atoms with E-state index in [-0.39, 0.29) is 6.04 Å². The predicted octanol–water partition coefficient (Wildman–Crippen LogP) is 2.01. The fourth-order valence-electron chi connectivity index (χ4n) is 2.70. The summed E-state index contributed by atoms with van der Waals surface area (Å²) in [6, 6.07) is 21.1. The highest BCUT2D eigenvalue weighted by atomic mass is 19.1. The van der Waals surface area contributed by atoms with Crippen molar-refractivity contribution in [2.75, 3.05) is 13.1 Å². The van der Waals surface area contributed by atoms with E-state index in [1.165, 1.54) is 16.0 Å². The Morgan fingerprint density at radius 3 is 1.67 bits per heavy atom. The van der Waals surface area contributed by atoms with Gasteiger partial charge in [0.25, 0.3) is 0 Å². The Bertz CT molecular complexity index is 452. The van der Waals surface area contributed by atoms with Crippen LogP contribution in [0, 0.1) is 0 Å². The van der Waals surface area contributed by atoms with Gasteiger partial charge in [0.15, 0.2) is 6.17 Å². The molecule has 2 aromatic carbocycles. The van der Waals surface area contributed by atoms with Gasteiger partial charge >= 0.3 is 0 Å². The lowest BCUT2D eigenvalue weighted by atomic mass is 9.94. The van der Waals surface area contributed by atoms with Gasteiger partial charge in [-0.25, -0.2) is 4.39 Å². The molecule has 0 saturated carbocycles. The van der Waals surface area contributed by atoms with E-state index >= 15 is 0 Å². The molecule has 1 aliphatic heterocycles. The first-order chi connectivity index (χ1) is 8.84. The normalized spacial score (nSPS) is 22.8. The third kappa shape index (κ3) is 2.16. The van der Waals surface area contributed by atoms with Crippen molar-refractivity contribution in [1.82, 2.24) is 0 Å². The summed E-state index contributed by atoms with van der Waals surface area (Å²) in [6.45, 7) is 1.24. The molecule has 0 aromatic heterocycles. The second-order valence-electron chi connectivity index (χ2n) is 4.92. The molecule has 0 unspecified atom stereocenters. The molecular formula is C16H17FN+. The van der Waals surface area contributed by atoms with Gasteiger partial charge in [-0.1, -0.05) is 60.7 Å². The molecule has 2 heteroatoms. The minimum Gasteiger partial charge on any atom is -0.320 e. The van der Waals surface area contributed by atoms with Crippen molar-refractivity contribution in [2.45, 2.75) is 12.2 Å². The van der Waals surface area contributed by atoms with Gasteiger partial charge < -0.3 is 4.90 Å². The fourth-order valence-corrected chi connectivity index (χ4v) is 2.70. The van der Waals surface area contributed by atoms with Crippen molar-refractivity contribution in [1.29, 1.82) is 0 Å². The number of hydrogen-bond acceptors (Lipinski definition) is 0. The Balaban J connectivity index is 1.94. The zero-order valence-electron chi connectivity index (χ0n) is 10.2. The molecule has 0 bridgehead atoms. The zero-order valence-corrected chi connectivity index (χ0v) is 10.2. The van der Waals surface area contributed by atoms with Crippen LogP contribution in [0.25, 0.3) is 0 Å². The lowest BCUT2D eigenvalue weighted by molar-refractivity contribution is -0.970. The van der Waals surface area contributed by atoms with E-state index in [9.17, 15) is 4.39 Å². The van der Waals surface area contributed by atoms with Crippen LogP contribution in [0.4, 0.5) is 4.39 Å². The average molecular weight is 242 g/mol. The quantitative estimate of drug-likeness (QED) is 0.840. The van der Waals surface area contributed by atoms with E-state index in [1.807, 2.05) is 12.1 Å². The highest BCUT2D eigenvalue weighted by Gasteiger charge is 2.38. The van der Waals surface area contributed by atoms with Crippen LogP contribution in [0.2, 0.25) is 0 Å². The monoisotopic (exact) mass is 242 g/mol. The van der Waals surface area contributed by atoms with E-state index in [2.05, 4.69) is 48.5 Å². The molecular weight excluding hydrogens is 225 g/mol. The van der Waals surface area contributed by atoms with Gasteiger partial charge in [-0.3, -0.25) is 0 Å². The summed E-state index contributed by atoms with van der Waals surface area (Å²) >= 11 is 0. The first kappa shape index (κ1) is 11.4. The summed E-state index contributed by atoms with van der Waals surface area (Å²) in [6.07, 6.45) is -0.630. The van der Waals surface area contributed by atoms with Crippen LogP contribution in [0.3, 0.4) is 0 Å². The van der Waals surface area contributed by atoms with Gasteiger partial charge in [0.1, 0.15) is 19.1 Å². The topological polar surface area (TPSA) is 4.44 Å². The molecule has 1 heterocycles. The minimum absolute atomic E-state index is 0.263. The zero-order chi connectivity index (χ0) is 12.4. The van der Waals surface area contributed by atoms with Gasteiger partial charge in [0.05, 0.1) is 0 Å². The van der Waals surface area contributed by atoms with Crippen LogP contribution in [-0.4, -0.2) is 19.3 Å². The largest absolute Gasteiger partial charge is 0.320 e. The van der Waals surface area contributed by atoms with Gasteiger partial charge in [-0.15, -0.1) is 0 Å². The molecule has 0 spiro atoms. The van der Waals surface area contributed by atoms with Crippen LogP contribution in [0.1, 0.15) is 17.2 Å². The third-order valence-electron chi connectivity index (χ3n) is 3.64. The first-order valence-corrected chi connectivity index (χ1v) is 6.43. The number of alkyl halides is 1. The molecule has 1 N–H and O–H groups in total. The summed E-state index contributed by atoms with van der Waals surface area (Å²) in [5.41, 5.74) is 2.54. The van der Waals surface area contributed by atoms with E-state index in [0.717, 1.165) is 0 Å². The summed E-state index contributed by atoms with van der Waals surface area (Å²) in [5.74, 6) is 0. The number of nitrogens with one attached hydrogen (secondary N) is 1. The molecule has 1 fully saturated rings. The number of likely N-dealkylation sites (tertiary alicyclic amines) is 1. The molecule has 0 aliphatic carbocycles. The van der Waals surface area contributed by atoms with Crippen LogP contribution in [0.15, 0.2) is 60.7 Å². The lowest BCUT2D eigenvalue weighted by Gasteiger charge is -2.37. The molecule has 2 aromatic rings. The van der Waals surface area contributed by atoms with Crippen LogP contribution in [0.5, 0.6) is 0 Å². The minimum atomic E-state index is -0.630. The number of halogens is 1. The lowest BCUT2D eigenvalue weighted by Crippen LogP contribution is -3.21. The molecule has 0 atom stereocenters. The summed E-state index contributed by atoms with van der Waals surface area (Å²) in [4.78, 5) is 1.32. The number of quaternary nitrogens is 1. The first-order valence-electron chi connectivity index (χ1n) is 6.43. The summed E-state index contributed by atoms with van der Waals surface area (Å²) < 4.78 is 13.1. The van der Waals surface area contributed by atoms with Crippen molar-refractivity contribution < 1.29 is 9.29 Å². The molecule has 18 heavy (non-hydrogen) atoms. The van der Waals surface area contributed by atoms with Crippen LogP contribution >= 0.6 is 0 Å². The highest BCUT2D eigenvalue weighted by molar-refractivity contribution is 5.29. The number of benzene rings is 2. The molecule has 3 rings (SSSR count). The number of rotatable bonds is 3. The van der Waals surface area contributed by atoms with E-state index < -0.39 is 6.17 Å². The van der Waals surface area contributed by atoms with Gasteiger partial charge in [-0.05, 0) is 0 Å². The molecule has 92 valence electrons. The van der Waals surface area contributed by atoms with Gasteiger partial charge in [0, 0.05) is 11.1 Å². The Morgan fingerprint density at radius 2 is 1.28 bits per heavy atom. The molecule has 1 saturated heterocycles. The maximum atomic E-state index is 13.1. The SMILES string of the molecule is FC1C[NH+](C(c2ccccc2)c2ccccc2)C1. The maximum absolute atomic E-state index is 13.1. The summed E-state index contributed by atoms with van der Waals surface area (Å²) in [5, 5.41) is 0. The Hall–Kier alpha value is -1.67. The molecule has 1 aliphatic rings. The van der Waals surface area contributed by atoms with Crippen LogP contribution in [-0.2, 0) is 0 Å². The molecule has 0 amide bonds. The standard InChI is InChI=1S/C16H16FN/c17-15-11-18(12-15)16(13-7-3-1-4-8-13)14-9-5-2-6-10-14/h1-10,15-16H,11-12H2/p+1. The Labute approximate surface area is 107 Å².